The Morgan fingerprint density at radius 1 is 1.24 bits per heavy atom. The molecule has 1 atom stereocenters. The Balaban J connectivity index is 4.40. The summed E-state index contributed by atoms with van der Waals surface area (Å²) in [5.41, 5.74) is -0.193. The summed E-state index contributed by atoms with van der Waals surface area (Å²) in [5.74, 6) is 0.643. The lowest BCUT2D eigenvalue weighted by molar-refractivity contribution is -0.116. The van der Waals surface area contributed by atoms with Crippen molar-refractivity contribution in [1.29, 1.82) is 0 Å². The Morgan fingerprint density at radius 2 is 1.82 bits per heavy atom. The molecule has 0 heterocycles. The number of carbonyl (C=O) groups is 1. The third-order valence-electron chi connectivity index (χ3n) is 3.16. The van der Waals surface area contributed by atoms with Crippen molar-refractivity contribution in [1.82, 2.24) is 9.80 Å². The van der Waals surface area contributed by atoms with Crippen LogP contribution in [-0.4, -0.2) is 56.4 Å². The highest BCUT2D eigenvalue weighted by atomic mass is 16.1. The maximum absolute atomic E-state index is 11.2. The lowest BCUT2D eigenvalue weighted by atomic mass is 9.88. The molecule has 17 heavy (non-hydrogen) atoms. The zero-order chi connectivity index (χ0) is 13.5. The van der Waals surface area contributed by atoms with E-state index in [1.165, 1.54) is 0 Å². The minimum Gasteiger partial charge on any atom is -0.308 e. The molecule has 0 aliphatic heterocycles. The smallest absolute Gasteiger partial charge is 0.127 e. The van der Waals surface area contributed by atoms with Crippen LogP contribution in [-0.2, 0) is 4.79 Å². The third kappa shape index (κ3) is 7.50. The van der Waals surface area contributed by atoms with E-state index in [1.807, 2.05) is 0 Å². The molecular weight excluding hydrogens is 212 g/mol. The molecule has 1 unspecified atom stereocenters. The third-order valence-corrected chi connectivity index (χ3v) is 3.16. The van der Waals surface area contributed by atoms with Crippen molar-refractivity contribution >= 4 is 6.29 Å². The van der Waals surface area contributed by atoms with E-state index in [0.717, 1.165) is 38.9 Å². The van der Waals surface area contributed by atoms with Crippen molar-refractivity contribution in [3.05, 3.63) is 0 Å². The van der Waals surface area contributed by atoms with E-state index in [2.05, 4.69) is 51.6 Å². The van der Waals surface area contributed by atoms with Crippen LogP contribution < -0.4 is 0 Å². The molecule has 0 radical (unpaired) electrons. The van der Waals surface area contributed by atoms with E-state index < -0.39 is 0 Å². The van der Waals surface area contributed by atoms with Crippen LogP contribution in [0.4, 0.5) is 0 Å². The molecule has 0 saturated carbocycles. The van der Waals surface area contributed by atoms with Crippen LogP contribution in [0.2, 0.25) is 0 Å². The number of nitrogens with zero attached hydrogens (tertiary/aromatic N) is 2. The summed E-state index contributed by atoms with van der Waals surface area (Å²) in [6.45, 7) is 12.6. The molecule has 0 saturated heterocycles. The lowest BCUT2D eigenvalue weighted by Crippen LogP contribution is -2.41. The van der Waals surface area contributed by atoms with E-state index in [1.54, 1.807) is 0 Å². The highest BCUT2D eigenvalue weighted by Crippen LogP contribution is 2.20. The fourth-order valence-corrected chi connectivity index (χ4v) is 1.84. The number of hydrogen-bond acceptors (Lipinski definition) is 3. The van der Waals surface area contributed by atoms with E-state index in [4.69, 9.17) is 0 Å². The summed E-state index contributed by atoms with van der Waals surface area (Å²) in [6, 6.07) is 0. The van der Waals surface area contributed by atoms with E-state index >= 15 is 0 Å². The minimum absolute atomic E-state index is 0.193. The first kappa shape index (κ1) is 16.6. The van der Waals surface area contributed by atoms with E-state index in [9.17, 15) is 4.79 Å². The number of carbonyl (C=O) groups excluding carboxylic acids is 1. The van der Waals surface area contributed by atoms with Crippen LogP contribution in [0.1, 0.15) is 34.1 Å². The van der Waals surface area contributed by atoms with Gasteiger partial charge in [0.2, 0.25) is 0 Å². The number of hydrogen-bond donors (Lipinski definition) is 0. The quantitative estimate of drug-likeness (QED) is 0.579. The second-order valence-corrected chi connectivity index (χ2v) is 6.06. The SMILES string of the molecule is CCC(C)(C=O)CN(CCN(C)C)CC(C)C. The summed E-state index contributed by atoms with van der Waals surface area (Å²) in [7, 11) is 4.18. The van der Waals surface area contributed by atoms with Gasteiger partial charge in [0, 0.05) is 31.6 Å². The molecule has 102 valence electrons. The first-order valence-corrected chi connectivity index (χ1v) is 6.66. The number of likely N-dealkylation sites (N-methyl/N-ethyl adjacent to an activating group) is 1. The van der Waals surface area contributed by atoms with Crippen molar-refractivity contribution in [3.8, 4) is 0 Å². The molecule has 0 bridgehead atoms. The standard InChI is InChI=1S/C14H30N2O/c1-7-14(4,12-17)11-16(10-13(2)3)9-8-15(5)6/h12-13H,7-11H2,1-6H3. The largest absolute Gasteiger partial charge is 0.308 e. The van der Waals surface area contributed by atoms with Gasteiger partial charge in [-0.3, -0.25) is 0 Å². The molecule has 0 fully saturated rings. The van der Waals surface area contributed by atoms with Crippen molar-refractivity contribution in [2.45, 2.75) is 34.1 Å². The molecule has 0 spiro atoms. The van der Waals surface area contributed by atoms with Gasteiger partial charge in [-0.2, -0.15) is 0 Å². The van der Waals surface area contributed by atoms with Gasteiger partial charge >= 0.3 is 0 Å². The second-order valence-electron chi connectivity index (χ2n) is 6.06. The minimum atomic E-state index is -0.193. The average molecular weight is 242 g/mol. The predicted molar refractivity (Wildman–Crippen MR) is 74.3 cm³/mol. The molecule has 3 nitrogen and oxygen atoms in total. The molecule has 0 aromatic heterocycles. The van der Waals surface area contributed by atoms with Gasteiger partial charge in [0.25, 0.3) is 0 Å². The molecular formula is C14H30N2O. The molecule has 0 amide bonds. The van der Waals surface area contributed by atoms with Crippen LogP contribution >= 0.6 is 0 Å². The first-order chi connectivity index (χ1) is 7.83. The molecule has 0 aliphatic rings. The Hall–Kier alpha value is -0.410. The molecule has 0 aromatic carbocycles. The first-order valence-electron chi connectivity index (χ1n) is 6.66. The topological polar surface area (TPSA) is 23.6 Å². The van der Waals surface area contributed by atoms with Crippen LogP contribution in [0.5, 0.6) is 0 Å². The highest BCUT2D eigenvalue weighted by Gasteiger charge is 2.24. The van der Waals surface area contributed by atoms with Crippen molar-refractivity contribution in [2.75, 3.05) is 40.3 Å². The summed E-state index contributed by atoms with van der Waals surface area (Å²) in [4.78, 5) is 15.8. The Kier molecular flexibility index (Phi) is 7.64. The summed E-state index contributed by atoms with van der Waals surface area (Å²) in [6.07, 6.45) is 2.03. The second kappa shape index (κ2) is 7.83. The van der Waals surface area contributed by atoms with Crippen LogP contribution in [0.25, 0.3) is 0 Å². The fourth-order valence-electron chi connectivity index (χ4n) is 1.84. The normalized spacial score (nSPS) is 15.6. The zero-order valence-electron chi connectivity index (χ0n) is 12.5. The summed E-state index contributed by atoms with van der Waals surface area (Å²) in [5, 5.41) is 0. The Labute approximate surface area is 107 Å². The lowest BCUT2D eigenvalue weighted by Gasteiger charge is -2.32. The molecule has 0 aliphatic carbocycles. The summed E-state index contributed by atoms with van der Waals surface area (Å²) < 4.78 is 0. The van der Waals surface area contributed by atoms with Gasteiger partial charge in [-0.05, 0) is 26.4 Å². The van der Waals surface area contributed by atoms with Crippen molar-refractivity contribution in [3.63, 3.8) is 0 Å². The monoisotopic (exact) mass is 242 g/mol. The number of rotatable bonds is 9. The predicted octanol–water partition coefficient (Wildman–Crippen LogP) is 2.12. The molecule has 3 heteroatoms. The highest BCUT2D eigenvalue weighted by molar-refractivity contribution is 5.58. The van der Waals surface area contributed by atoms with Gasteiger partial charge < -0.3 is 14.6 Å². The maximum atomic E-state index is 11.2. The van der Waals surface area contributed by atoms with Gasteiger partial charge in [-0.25, -0.2) is 0 Å². The summed E-state index contributed by atoms with van der Waals surface area (Å²) >= 11 is 0. The molecule has 0 rings (SSSR count). The van der Waals surface area contributed by atoms with Crippen molar-refractivity contribution < 1.29 is 4.79 Å². The van der Waals surface area contributed by atoms with Crippen LogP contribution in [0, 0.1) is 11.3 Å². The Bertz CT molecular complexity index is 216. The van der Waals surface area contributed by atoms with Gasteiger partial charge in [-0.1, -0.05) is 27.7 Å². The zero-order valence-corrected chi connectivity index (χ0v) is 12.5. The average Bonchev–Trinajstić information content (AvgIpc) is 2.25. The van der Waals surface area contributed by atoms with Crippen molar-refractivity contribution in [2.24, 2.45) is 11.3 Å². The van der Waals surface area contributed by atoms with E-state index in [0.29, 0.717) is 5.92 Å². The van der Waals surface area contributed by atoms with Gasteiger partial charge in [0.05, 0.1) is 0 Å². The van der Waals surface area contributed by atoms with Gasteiger partial charge in [-0.15, -0.1) is 0 Å². The van der Waals surface area contributed by atoms with Gasteiger partial charge in [0.1, 0.15) is 6.29 Å². The molecule has 0 aromatic rings. The van der Waals surface area contributed by atoms with Crippen LogP contribution in [0.15, 0.2) is 0 Å². The van der Waals surface area contributed by atoms with E-state index in [-0.39, 0.29) is 5.41 Å². The maximum Gasteiger partial charge on any atom is 0.127 e. The van der Waals surface area contributed by atoms with Gasteiger partial charge in [0.15, 0.2) is 0 Å². The van der Waals surface area contributed by atoms with Crippen LogP contribution in [0.3, 0.4) is 0 Å². The number of aldehydes is 1. The Morgan fingerprint density at radius 3 is 2.18 bits per heavy atom. The molecule has 0 N–H and O–H groups in total. The fraction of sp³-hybridized carbons (Fsp3) is 0.929.